The number of rotatable bonds is 6. The standard InChI is InChI=1S/C17H16O5/c1-2-20-16-10-14(11-18)8-9-15(16)22-17(19)21-12-13-6-4-3-5-7-13/h3-11H,2,12H2,1H3. The van der Waals surface area contributed by atoms with Crippen LogP contribution in [0, 0.1) is 0 Å². The van der Waals surface area contributed by atoms with Gasteiger partial charge in [-0.25, -0.2) is 4.79 Å². The fourth-order valence-electron chi connectivity index (χ4n) is 1.79. The molecule has 0 radical (unpaired) electrons. The van der Waals surface area contributed by atoms with Crippen LogP contribution in [0.2, 0.25) is 0 Å². The van der Waals surface area contributed by atoms with E-state index in [1.54, 1.807) is 6.92 Å². The first kappa shape index (κ1) is 15.6. The SMILES string of the molecule is CCOc1cc(C=O)ccc1OC(=O)OCc1ccccc1. The molecule has 22 heavy (non-hydrogen) atoms. The number of benzene rings is 2. The van der Waals surface area contributed by atoms with Crippen molar-refractivity contribution in [3.63, 3.8) is 0 Å². The van der Waals surface area contributed by atoms with Crippen LogP contribution in [0.15, 0.2) is 48.5 Å². The highest BCUT2D eigenvalue weighted by atomic mass is 16.7. The molecule has 114 valence electrons. The molecule has 0 spiro atoms. The van der Waals surface area contributed by atoms with Crippen molar-refractivity contribution in [3.05, 3.63) is 59.7 Å². The molecule has 2 aromatic carbocycles. The second kappa shape index (κ2) is 7.83. The van der Waals surface area contributed by atoms with E-state index in [1.807, 2.05) is 30.3 Å². The minimum Gasteiger partial charge on any atom is -0.490 e. The normalized spacial score (nSPS) is 9.86. The van der Waals surface area contributed by atoms with Gasteiger partial charge in [0, 0.05) is 5.56 Å². The Morgan fingerprint density at radius 3 is 2.55 bits per heavy atom. The molecule has 0 aromatic heterocycles. The zero-order valence-corrected chi connectivity index (χ0v) is 12.2. The van der Waals surface area contributed by atoms with Crippen LogP contribution >= 0.6 is 0 Å². The van der Waals surface area contributed by atoms with Gasteiger partial charge in [0.05, 0.1) is 6.61 Å². The summed E-state index contributed by atoms with van der Waals surface area (Å²) in [6.45, 7) is 2.30. The van der Waals surface area contributed by atoms with E-state index >= 15 is 0 Å². The first-order chi connectivity index (χ1) is 10.7. The van der Waals surface area contributed by atoms with Gasteiger partial charge in [0.25, 0.3) is 0 Å². The predicted octanol–water partition coefficient (Wildman–Crippen LogP) is 3.61. The third-order valence-corrected chi connectivity index (χ3v) is 2.80. The van der Waals surface area contributed by atoms with Crippen LogP contribution in [0.5, 0.6) is 11.5 Å². The molecule has 0 aliphatic heterocycles. The number of ether oxygens (including phenoxy) is 3. The topological polar surface area (TPSA) is 61.8 Å². The van der Waals surface area contributed by atoms with Gasteiger partial charge < -0.3 is 14.2 Å². The van der Waals surface area contributed by atoms with Crippen LogP contribution in [-0.2, 0) is 11.3 Å². The van der Waals surface area contributed by atoms with Gasteiger partial charge in [-0.15, -0.1) is 0 Å². The highest BCUT2D eigenvalue weighted by molar-refractivity contribution is 5.77. The Morgan fingerprint density at radius 2 is 1.86 bits per heavy atom. The minimum absolute atomic E-state index is 0.121. The smallest absolute Gasteiger partial charge is 0.490 e. The van der Waals surface area contributed by atoms with Crippen LogP contribution in [0.25, 0.3) is 0 Å². The van der Waals surface area contributed by atoms with E-state index in [2.05, 4.69) is 0 Å². The summed E-state index contributed by atoms with van der Waals surface area (Å²) in [7, 11) is 0. The summed E-state index contributed by atoms with van der Waals surface area (Å²) in [5, 5.41) is 0. The Bertz CT molecular complexity index is 637. The molecule has 0 unspecified atom stereocenters. The highest BCUT2D eigenvalue weighted by Gasteiger charge is 2.12. The van der Waals surface area contributed by atoms with Crippen molar-refractivity contribution in [2.75, 3.05) is 6.61 Å². The summed E-state index contributed by atoms with van der Waals surface area (Å²) in [5.74, 6) is 0.536. The van der Waals surface area contributed by atoms with E-state index in [4.69, 9.17) is 14.2 Å². The molecule has 0 atom stereocenters. The van der Waals surface area contributed by atoms with Crippen molar-refractivity contribution in [3.8, 4) is 11.5 Å². The molecule has 5 heteroatoms. The van der Waals surface area contributed by atoms with Gasteiger partial charge in [-0.1, -0.05) is 30.3 Å². The molecule has 0 fully saturated rings. The molecule has 0 aliphatic rings. The molecule has 2 aromatic rings. The molecular formula is C17H16O5. The molecule has 2 rings (SSSR count). The summed E-state index contributed by atoms with van der Waals surface area (Å²) >= 11 is 0. The monoisotopic (exact) mass is 300 g/mol. The summed E-state index contributed by atoms with van der Waals surface area (Å²) in [6, 6.07) is 13.8. The Kier molecular flexibility index (Phi) is 5.54. The Hall–Kier alpha value is -2.82. The van der Waals surface area contributed by atoms with E-state index in [0.717, 1.165) is 5.56 Å². The predicted molar refractivity (Wildman–Crippen MR) is 80.3 cm³/mol. The minimum atomic E-state index is -0.830. The van der Waals surface area contributed by atoms with Crippen LogP contribution in [-0.4, -0.2) is 19.0 Å². The van der Waals surface area contributed by atoms with Crippen LogP contribution in [0.4, 0.5) is 4.79 Å². The average molecular weight is 300 g/mol. The lowest BCUT2D eigenvalue weighted by molar-refractivity contribution is 0.0914. The third kappa shape index (κ3) is 4.34. The van der Waals surface area contributed by atoms with Crippen LogP contribution < -0.4 is 9.47 Å². The average Bonchev–Trinajstić information content (AvgIpc) is 2.56. The van der Waals surface area contributed by atoms with Gasteiger partial charge >= 0.3 is 6.16 Å². The number of aldehydes is 1. The molecule has 0 saturated heterocycles. The number of hydrogen-bond acceptors (Lipinski definition) is 5. The second-order valence-corrected chi connectivity index (χ2v) is 4.38. The molecule has 0 aliphatic carbocycles. The molecule has 0 amide bonds. The van der Waals surface area contributed by atoms with Crippen LogP contribution in [0.1, 0.15) is 22.8 Å². The van der Waals surface area contributed by atoms with Crippen LogP contribution in [0.3, 0.4) is 0 Å². The zero-order valence-electron chi connectivity index (χ0n) is 12.2. The van der Waals surface area contributed by atoms with Gasteiger partial charge in [-0.05, 0) is 30.7 Å². The molecular weight excluding hydrogens is 284 g/mol. The Morgan fingerprint density at radius 1 is 1.09 bits per heavy atom. The summed E-state index contributed by atoms with van der Waals surface area (Å²) in [6.07, 6.45) is -0.135. The third-order valence-electron chi connectivity index (χ3n) is 2.80. The number of carbonyl (C=O) groups excluding carboxylic acids is 2. The van der Waals surface area contributed by atoms with Crippen molar-refractivity contribution in [1.82, 2.24) is 0 Å². The van der Waals surface area contributed by atoms with Gasteiger partial charge in [0.2, 0.25) is 0 Å². The lowest BCUT2D eigenvalue weighted by Gasteiger charge is -2.11. The first-order valence-electron chi connectivity index (χ1n) is 6.83. The van der Waals surface area contributed by atoms with Gasteiger partial charge in [-0.3, -0.25) is 4.79 Å². The van der Waals surface area contributed by atoms with Gasteiger partial charge in [-0.2, -0.15) is 0 Å². The summed E-state index contributed by atoms with van der Waals surface area (Å²) in [4.78, 5) is 22.5. The van der Waals surface area contributed by atoms with E-state index in [9.17, 15) is 9.59 Å². The molecule has 0 saturated carbocycles. The number of carbonyl (C=O) groups is 2. The van der Waals surface area contributed by atoms with E-state index < -0.39 is 6.16 Å². The van der Waals surface area contributed by atoms with Gasteiger partial charge in [0.1, 0.15) is 12.9 Å². The first-order valence-corrected chi connectivity index (χ1v) is 6.83. The second-order valence-electron chi connectivity index (χ2n) is 4.38. The van der Waals surface area contributed by atoms with Crippen molar-refractivity contribution in [2.45, 2.75) is 13.5 Å². The Balaban J connectivity index is 2.00. The molecule has 5 nitrogen and oxygen atoms in total. The fourth-order valence-corrected chi connectivity index (χ4v) is 1.79. The maximum atomic E-state index is 11.7. The summed E-state index contributed by atoms with van der Waals surface area (Å²) < 4.78 is 15.5. The molecule has 0 bridgehead atoms. The lowest BCUT2D eigenvalue weighted by atomic mass is 10.2. The fraction of sp³-hybridized carbons (Fsp3) is 0.176. The summed E-state index contributed by atoms with van der Waals surface area (Å²) in [5.41, 5.74) is 1.30. The highest BCUT2D eigenvalue weighted by Crippen LogP contribution is 2.28. The maximum absolute atomic E-state index is 11.7. The zero-order chi connectivity index (χ0) is 15.8. The van der Waals surface area contributed by atoms with E-state index in [-0.39, 0.29) is 12.4 Å². The largest absolute Gasteiger partial charge is 0.514 e. The van der Waals surface area contributed by atoms with Crippen molar-refractivity contribution >= 4 is 12.4 Å². The Labute approximate surface area is 128 Å². The quantitative estimate of drug-likeness (QED) is 0.463. The van der Waals surface area contributed by atoms with Crippen molar-refractivity contribution in [2.24, 2.45) is 0 Å². The van der Waals surface area contributed by atoms with Crippen molar-refractivity contribution < 1.29 is 23.8 Å². The maximum Gasteiger partial charge on any atom is 0.514 e. The van der Waals surface area contributed by atoms with E-state index in [1.165, 1.54) is 18.2 Å². The van der Waals surface area contributed by atoms with E-state index in [0.29, 0.717) is 24.2 Å². The van der Waals surface area contributed by atoms with Gasteiger partial charge in [0.15, 0.2) is 11.5 Å². The molecule has 0 heterocycles. The molecule has 0 N–H and O–H groups in total. The number of hydrogen-bond donors (Lipinski definition) is 0. The lowest BCUT2D eigenvalue weighted by Crippen LogP contribution is -2.11. The van der Waals surface area contributed by atoms with Crippen molar-refractivity contribution in [1.29, 1.82) is 0 Å².